The Kier molecular flexibility index (Phi) is 2.99. The minimum atomic E-state index is -0.953. The highest BCUT2D eigenvalue weighted by molar-refractivity contribution is 14.1. The molecule has 0 aromatic carbocycles. The number of aromatic nitrogens is 2. The van der Waals surface area contributed by atoms with E-state index in [4.69, 9.17) is 9.52 Å². The highest BCUT2D eigenvalue weighted by Crippen LogP contribution is 2.13. The molecular weight excluding hydrogens is 323 g/mol. The summed E-state index contributed by atoms with van der Waals surface area (Å²) in [5.41, 5.74) is 0.236. The van der Waals surface area contributed by atoms with E-state index in [-0.39, 0.29) is 5.69 Å². The van der Waals surface area contributed by atoms with Gasteiger partial charge in [-0.25, -0.2) is 9.78 Å². The van der Waals surface area contributed by atoms with Gasteiger partial charge in [-0.3, -0.25) is 0 Å². The first-order valence-electron chi connectivity index (χ1n) is 4.56. The first-order chi connectivity index (χ1) is 7.56. The summed E-state index contributed by atoms with van der Waals surface area (Å²) >= 11 is 2.07. The zero-order valence-electron chi connectivity index (χ0n) is 8.48. The SMILES string of the molecule is Cc1cnc(Cn2cc(I)cc2C(=O)O)o1. The summed E-state index contributed by atoms with van der Waals surface area (Å²) < 4.78 is 7.78. The molecule has 0 aliphatic carbocycles. The molecule has 0 saturated carbocycles. The van der Waals surface area contributed by atoms with Gasteiger partial charge in [0.2, 0.25) is 5.89 Å². The average molecular weight is 332 g/mol. The van der Waals surface area contributed by atoms with Crippen LogP contribution in [0.25, 0.3) is 0 Å². The molecule has 0 amide bonds. The molecular formula is C10H9IN2O3. The summed E-state index contributed by atoms with van der Waals surface area (Å²) in [4.78, 5) is 15.0. The highest BCUT2D eigenvalue weighted by atomic mass is 127. The summed E-state index contributed by atoms with van der Waals surface area (Å²) in [6.45, 7) is 2.13. The number of nitrogens with zero attached hydrogens (tertiary/aromatic N) is 2. The van der Waals surface area contributed by atoms with E-state index >= 15 is 0 Å². The number of carboxylic acid groups (broad SMARTS) is 1. The van der Waals surface area contributed by atoms with Crippen molar-refractivity contribution in [2.24, 2.45) is 0 Å². The molecule has 0 fully saturated rings. The summed E-state index contributed by atoms with van der Waals surface area (Å²) in [7, 11) is 0. The Bertz CT molecular complexity index is 530. The third kappa shape index (κ3) is 2.26. The van der Waals surface area contributed by atoms with Crippen LogP contribution in [0.5, 0.6) is 0 Å². The molecule has 0 saturated heterocycles. The second-order valence-corrected chi connectivity index (χ2v) is 4.59. The van der Waals surface area contributed by atoms with E-state index in [2.05, 4.69) is 27.6 Å². The maximum absolute atomic E-state index is 11.0. The van der Waals surface area contributed by atoms with Gasteiger partial charge in [-0.1, -0.05) is 0 Å². The van der Waals surface area contributed by atoms with Crippen LogP contribution in [0, 0.1) is 10.5 Å². The lowest BCUT2D eigenvalue weighted by Crippen LogP contribution is -2.08. The number of carboxylic acids is 1. The van der Waals surface area contributed by atoms with E-state index in [1.54, 1.807) is 30.0 Å². The molecule has 0 atom stereocenters. The molecule has 84 valence electrons. The molecule has 2 heterocycles. The number of aromatic carboxylic acids is 1. The Labute approximate surface area is 105 Å². The Balaban J connectivity index is 2.30. The van der Waals surface area contributed by atoms with Crippen molar-refractivity contribution in [3.05, 3.63) is 39.4 Å². The van der Waals surface area contributed by atoms with Gasteiger partial charge >= 0.3 is 5.97 Å². The van der Waals surface area contributed by atoms with Crippen molar-refractivity contribution in [2.75, 3.05) is 0 Å². The lowest BCUT2D eigenvalue weighted by molar-refractivity contribution is 0.0685. The Morgan fingerprint density at radius 1 is 1.69 bits per heavy atom. The van der Waals surface area contributed by atoms with Crippen molar-refractivity contribution in [1.29, 1.82) is 0 Å². The smallest absolute Gasteiger partial charge is 0.352 e. The Hall–Kier alpha value is -1.31. The predicted octanol–water partition coefficient (Wildman–Crippen LogP) is 2.14. The van der Waals surface area contributed by atoms with Crippen LogP contribution in [-0.4, -0.2) is 20.6 Å². The fraction of sp³-hybridized carbons (Fsp3) is 0.200. The number of hydrogen-bond acceptors (Lipinski definition) is 3. The minimum absolute atomic E-state index is 0.236. The Morgan fingerprint density at radius 2 is 2.44 bits per heavy atom. The minimum Gasteiger partial charge on any atom is -0.477 e. The van der Waals surface area contributed by atoms with E-state index < -0.39 is 5.97 Å². The van der Waals surface area contributed by atoms with Gasteiger partial charge in [-0.05, 0) is 35.6 Å². The van der Waals surface area contributed by atoms with Gasteiger partial charge < -0.3 is 14.1 Å². The molecule has 0 radical (unpaired) electrons. The first kappa shape index (κ1) is 11.2. The largest absolute Gasteiger partial charge is 0.477 e. The van der Waals surface area contributed by atoms with E-state index in [1.807, 2.05) is 0 Å². The van der Waals surface area contributed by atoms with E-state index in [0.717, 1.165) is 3.57 Å². The van der Waals surface area contributed by atoms with Crippen LogP contribution in [0.2, 0.25) is 0 Å². The zero-order valence-corrected chi connectivity index (χ0v) is 10.6. The number of oxazole rings is 1. The molecule has 0 spiro atoms. The number of halogens is 1. The predicted molar refractivity (Wildman–Crippen MR) is 64.5 cm³/mol. The molecule has 2 aromatic heterocycles. The van der Waals surface area contributed by atoms with Gasteiger partial charge in [-0.2, -0.15) is 0 Å². The van der Waals surface area contributed by atoms with Crippen LogP contribution in [0.15, 0.2) is 22.9 Å². The fourth-order valence-corrected chi connectivity index (χ4v) is 2.04. The molecule has 2 rings (SSSR count). The van der Waals surface area contributed by atoms with E-state index in [1.165, 1.54) is 0 Å². The van der Waals surface area contributed by atoms with Crippen LogP contribution in [-0.2, 0) is 6.54 Å². The Morgan fingerprint density at radius 3 is 3.00 bits per heavy atom. The van der Waals surface area contributed by atoms with E-state index in [9.17, 15) is 4.79 Å². The molecule has 1 N–H and O–H groups in total. The number of carbonyl (C=O) groups is 1. The van der Waals surface area contributed by atoms with Crippen molar-refractivity contribution in [1.82, 2.24) is 9.55 Å². The molecule has 0 aliphatic heterocycles. The van der Waals surface area contributed by atoms with Crippen LogP contribution in [0.1, 0.15) is 22.1 Å². The summed E-state index contributed by atoms with van der Waals surface area (Å²) in [6, 6.07) is 1.61. The second-order valence-electron chi connectivity index (χ2n) is 3.34. The van der Waals surface area contributed by atoms with Crippen molar-refractivity contribution in [2.45, 2.75) is 13.5 Å². The van der Waals surface area contributed by atoms with Crippen LogP contribution < -0.4 is 0 Å². The van der Waals surface area contributed by atoms with Crippen molar-refractivity contribution in [3.8, 4) is 0 Å². The quantitative estimate of drug-likeness (QED) is 0.875. The van der Waals surface area contributed by atoms with Crippen LogP contribution in [0.3, 0.4) is 0 Å². The van der Waals surface area contributed by atoms with Crippen molar-refractivity contribution >= 4 is 28.6 Å². The lowest BCUT2D eigenvalue weighted by Gasteiger charge is -2.01. The normalized spacial score (nSPS) is 10.6. The third-order valence-corrected chi connectivity index (χ3v) is 2.65. The van der Waals surface area contributed by atoms with Gasteiger partial charge in [0.15, 0.2) is 0 Å². The second kappa shape index (κ2) is 4.28. The van der Waals surface area contributed by atoms with Crippen molar-refractivity contribution < 1.29 is 14.3 Å². The summed E-state index contributed by atoms with van der Waals surface area (Å²) in [5, 5.41) is 8.99. The molecule has 0 unspecified atom stereocenters. The zero-order chi connectivity index (χ0) is 11.7. The van der Waals surface area contributed by atoms with Gasteiger partial charge in [-0.15, -0.1) is 0 Å². The van der Waals surface area contributed by atoms with Crippen molar-refractivity contribution in [3.63, 3.8) is 0 Å². The van der Waals surface area contributed by atoms with E-state index in [0.29, 0.717) is 18.2 Å². The fourth-order valence-electron chi connectivity index (χ4n) is 1.40. The monoisotopic (exact) mass is 332 g/mol. The molecule has 0 aliphatic rings. The molecule has 6 heteroatoms. The molecule has 2 aromatic rings. The first-order valence-corrected chi connectivity index (χ1v) is 5.64. The molecule has 16 heavy (non-hydrogen) atoms. The van der Waals surface area contributed by atoms with Gasteiger partial charge in [0.25, 0.3) is 0 Å². The van der Waals surface area contributed by atoms with Gasteiger partial charge in [0.1, 0.15) is 11.5 Å². The highest BCUT2D eigenvalue weighted by Gasteiger charge is 2.13. The maximum Gasteiger partial charge on any atom is 0.352 e. The summed E-state index contributed by atoms with van der Waals surface area (Å²) in [5.74, 6) is 0.270. The molecule has 0 bridgehead atoms. The third-order valence-electron chi connectivity index (χ3n) is 2.06. The topological polar surface area (TPSA) is 68.3 Å². The average Bonchev–Trinajstić information content (AvgIpc) is 2.74. The summed E-state index contributed by atoms with van der Waals surface area (Å²) in [6.07, 6.45) is 3.37. The number of hydrogen-bond donors (Lipinski definition) is 1. The number of aryl methyl sites for hydroxylation is 1. The number of rotatable bonds is 3. The van der Waals surface area contributed by atoms with Gasteiger partial charge in [0, 0.05) is 9.77 Å². The maximum atomic E-state index is 11.0. The van der Waals surface area contributed by atoms with Crippen LogP contribution in [0.4, 0.5) is 0 Å². The van der Waals surface area contributed by atoms with Crippen LogP contribution >= 0.6 is 22.6 Å². The standard InChI is InChI=1S/C10H9IN2O3/c1-6-3-12-9(16-6)5-13-4-7(11)2-8(13)10(14)15/h2-4H,5H2,1H3,(H,14,15). The van der Waals surface area contributed by atoms with Gasteiger partial charge in [0.05, 0.1) is 12.7 Å². The lowest BCUT2D eigenvalue weighted by atomic mass is 10.4. The molecule has 5 nitrogen and oxygen atoms in total.